The van der Waals surface area contributed by atoms with Gasteiger partial charge in [-0.25, -0.2) is 14.4 Å². The van der Waals surface area contributed by atoms with Crippen LogP contribution in [0.4, 0.5) is 4.79 Å². The number of aliphatic hydroxyl groups is 5. The Bertz CT molecular complexity index is 2010. The molecule has 6 N–H and O–H groups in total. The third-order valence-corrected chi connectivity index (χ3v) is 12.6. The summed E-state index contributed by atoms with van der Waals surface area (Å²) in [6, 6.07) is 14.4. The molecule has 1 saturated heterocycles. The van der Waals surface area contributed by atoms with Crippen LogP contribution in [0.3, 0.4) is 0 Å². The third kappa shape index (κ3) is 7.23. The molecule has 6 rings (SSSR count). The summed E-state index contributed by atoms with van der Waals surface area (Å²) in [5.41, 5.74) is -9.17. The molecule has 0 spiro atoms. The zero-order valence-electron chi connectivity index (χ0n) is 34.2. The van der Waals surface area contributed by atoms with Crippen molar-refractivity contribution in [3.8, 4) is 0 Å². The molecular weight excluding hydrogens is 770 g/mol. The Kier molecular flexibility index (Phi) is 11.4. The smallest absolute Gasteiger partial charge is 0.408 e. The van der Waals surface area contributed by atoms with Gasteiger partial charge in [-0.15, -0.1) is 0 Å². The van der Waals surface area contributed by atoms with Crippen LogP contribution in [0.15, 0.2) is 71.8 Å². The molecule has 3 aliphatic carbocycles. The second-order valence-electron chi connectivity index (χ2n) is 17.7. The number of aliphatic hydroxyl groups excluding tert-OH is 4. The standard InChI is InChI=1S/C43H53NO15/c1-21-25(56-37(52)29(47)27(23-15-11-9-12-16-23)44-38(53)59-39(3,4)5)19-43(54)35(57-36(51)24-17-13-10-14-18-24)31-41(8,32(49)28(46)26(21)40(43,6)7)33(50)30(48)34-42(31,20-55-34)58-22(2)45/h9-18,25,27,29-35,47-50,54H,19-20H2,1-8H3,(H,44,53)/t25-,27-,29+,30+,31-,32+,33-,34+,35-,41+,42+,43+/m0/s1. The van der Waals surface area contributed by atoms with Gasteiger partial charge in [0.2, 0.25) is 0 Å². The molecule has 1 aliphatic heterocycles. The molecule has 2 aromatic carbocycles. The summed E-state index contributed by atoms with van der Waals surface area (Å²) >= 11 is 0. The number of benzene rings is 2. The van der Waals surface area contributed by atoms with Gasteiger partial charge in [0.05, 0.1) is 30.2 Å². The lowest BCUT2D eigenvalue weighted by atomic mass is 9.44. The Morgan fingerprint density at radius 1 is 0.932 bits per heavy atom. The second kappa shape index (κ2) is 15.4. The average molecular weight is 824 g/mol. The summed E-state index contributed by atoms with van der Waals surface area (Å²) in [7, 11) is 0. The number of ketones is 1. The number of alkyl carbamates (subject to hydrolysis) is 1. The molecule has 1 amide bonds. The first-order valence-corrected chi connectivity index (χ1v) is 19.4. The van der Waals surface area contributed by atoms with Crippen LogP contribution in [0.5, 0.6) is 0 Å². The normalized spacial score (nSPS) is 34.6. The average Bonchev–Trinajstić information content (AvgIpc) is 3.15. The van der Waals surface area contributed by atoms with E-state index in [1.54, 1.807) is 69.3 Å². The van der Waals surface area contributed by atoms with Crippen molar-refractivity contribution >= 4 is 29.8 Å². The SMILES string of the molecule is CC(=O)O[C@@]12CO[C@@H]1[C@H](O)[C@H](O)[C@@]1(C)[C@H](O)C(=O)C3=C(C)[C@@H](OC(=O)[C@H](O)[C@@H](NC(=O)OC(C)(C)C)c4ccccc4)C[C@@](O)([C@@H](OC(=O)c4ccccc4)[C@H]21)C3(C)C. The topological polar surface area (TPSA) is 245 Å². The molecule has 0 aromatic heterocycles. The Hall–Kier alpha value is -4.71. The molecule has 59 heavy (non-hydrogen) atoms. The van der Waals surface area contributed by atoms with Gasteiger partial charge in [-0.1, -0.05) is 69.3 Å². The number of rotatable bonds is 8. The Labute approximate surface area is 341 Å². The van der Waals surface area contributed by atoms with Gasteiger partial charge in [-0.3, -0.25) is 9.59 Å². The monoisotopic (exact) mass is 823 g/mol. The van der Waals surface area contributed by atoms with E-state index in [4.69, 9.17) is 23.7 Å². The van der Waals surface area contributed by atoms with Crippen LogP contribution in [0.1, 0.15) is 83.8 Å². The first-order valence-electron chi connectivity index (χ1n) is 19.4. The number of fused-ring (bicyclic) bond motifs is 5. The van der Waals surface area contributed by atoms with Crippen LogP contribution in [-0.4, -0.2) is 121 Å². The molecule has 12 atom stereocenters. The molecule has 2 aromatic rings. The highest BCUT2D eigenvalue weighted by atomic mass is 16.6. The van der Waals surface area contributed by atoms with E-state index < -0.39 is 125 Å². The number of nitrogens with one attached hydrogen (secondary N) is 1. The highest BCUT2D eigenvalue weighted by Crippen LogP contribution is 2.64. The minimum Gasteiger partial charge on any atom is -0.456 e. The molecule has 1 heterocycles. The van der Waals surface area contributed by atoms with E-state index in [2.05, 4.69) is 5.32 Å². The van der Waals surface area contributed by atoms with Gasteiger partial charge in [0.25, 0.3) is 0 Å². The molecule has 0 radical (unpaired) electrons. The molecule has 3 fully saturated rings. The number of carbonyl (C=O) groups excluding carboxylic acids is 5. The van der Waals surface area contributed by atoms with Crippen molar-refractivity contribution in [2.45, 2.75) is 127 Å². The summed E-state index contributed by atoms with van der Waals surface area (Å²) in [6.45, 7) is 11.2. The van der Waals surface area contributed by atoms with Crippen LogP contribution < -0.4 is 5.32 Å². The first kappa shape index (κ1) is 43.9. The van der Waals surface area contributed by atoms with E-state index in [1.807, 2.05) is 0 Å². The summed E-state index contributed by atoms with van der Waals surface area (Å²) in [4.78, 5) is 68.9. The van der Waals surface area contributed by atoms with E-state index >= 15 is 0 Å². The maximum Gasteiger partial charge on any atom is 0.408 e. The van der Waals surface area contributed by atoms with Gasteiger partial charge < -0.3 is 54.5 Å². The number of carbonyl (C=O) groups is 5. The van der Waals surface area contributed by atoms with Crippen molar-refractivity contribution in [2.24, 2.45) is 16.7 Å². The van der Waals surface area contributed by atoms with E-state index in [0.29, 0.717) is 5.56 Å². The minimum atomic E-state index is -2.47. The lowest BCUT2D eigenvalue weighted by Crippen LogP contribution is -2.85. The number of ether oxygens (including phenoxy) is 5. The predicted octanol–water partition coefficient (Wildman–Crippen LogP) is 2.23. The van der Waals surface area contributed by atoms with Crippen LogP contribution >= 0.6 is 0 Å². The van der Waals surface area contributed by atoms with Crippen LogP contribution in [0.25, 0.3) is 0 Å². The fourth-order valence-electron chi connectivity index (χ4n) is 9.64. The van der Waals surface area contributed by atoms with Crippen molar-refractivity contribution < 1.29 is 73.2 Å². The Balaban J connectivity index is 1.50. The fourth-order valence-corrected chi connectivity index (χ4v) is 9.64. The summed E-state index contributed by atoms with van der Waals surface area (Å²) in [5, 5.41) is 63.1. The van der Waals surface area contributed by atoms with Crippen LogP contribution in [-0.2, 0) is 38.1 Å². The second-order valence-corrected chi connectivity index (χ2v) is 17.7. The molecule has 16 heteroatoms. The molecule has 320 valence electrons. The number of amides is 1. The van der Waals surface area contributed by atoms with Crippen molar-refractivity contribution in [1.29, 1.82) is 0 Å². The lowest BCUT2D eigenvalue weighted by molar-refractivity contribution is -0.381. The molecule has 2 bridgehead atoms. The maximum absolute atomic E-state index is 14.9. The van der Waals surface area contributed by atoms with Crippen molar-refractivity contribution in [3.63, 3.8) is 0 Å². The molecule has 16 nitrogen and oxygen atoms in total. The minimum absolute atomic E-state index is 0.0342. The first-order chi connectivity index (χ1) is 27.4. The van der Waals surface area contributed by atoms with Gasteiger partial charge in [-0.05, 0) is 51.0 Å². The lowest BCUT2D eigenvalue weighted by Gasteiger charge is -2.68. The molecule has 4 aliphatic rings. The zero-order chi connectivity index (χ0) is 43.6. The van der Waals surface area contributed by atoms with Crippen LogP contribution in [0.2, 0.25) is 0 Å². The van der Waals surface area contributed by atoms with Crippen LogP contribution in [0, 0.1) is 16.7 Å². The van der Waals surface area contributed by atoms with Crippen molar-refractivity contribution in [3.05, 3.63) is 82.9 Å². The van der Waals surface area contributed by atoms with Gasteiger partial charge in [0.1, 0.15) is 41.7 Å². The molecule has 0 unspecified atom stereocenters. The number of esters is 3. The Morgan fingerprint density at radius 2 is 1.53 bits per heavy atom. The van der Waals surface area contributed by atoms with E-state index in [1.165, 1.54) is 39.8 Å². The third-order valence-electron chi connectivity index (χ3n) is 12.6. The van der Waals surface area contributed by atoms with E-state index in [9.17, 15) is 49.5 Å². The van der Waals surface area contributed by atoms with Crippen molar-refractivity contribution in [2.75, 3.05) is 6.61 Å². The quantitative estimate of drug-likeness (QED) is 0.165. The number of Topliss-reactive ketones (excluding diaryl/α,β-unsaturated/α-hetero) is 1. The van der Waals surface area contributed by atoms with Crippen molar-refractivity contribution in [1.82, 2.24) is 5.32 Å². The van der Waals surface area contributed by atoms with Gasteiger partial charge in [0, 0.05) is 29.7 Å². The van der Waals surface area contributed by atoms with Gasteiger partial charge in [-0.2, -0.15) is 0 Å². The predicted molar refractivity (Wildman–Crippen MR) is 205 cm³/mol. The van der Waals surface area contributed by atoms with E-state index in [-0.39, 0.29) is 16.7 Å². The van der Waals surface area contributed by atoms with E-state index in [0.717, 1.165) is 6.92 Å². The number of hydrogen-bond acceptors (Lipinski definition) is 15. The fraction of sp³-hybridized carbons (Fsp3) is 0.558. The highest BCUT2D eigenvalue weighted by molar-refractivity contribution is 6.02. The zero-order valence-corrected chi connectivity index (χ0v) is 34.2. The molecule has 2 saturated carbocycles. The highest BCUT2D eigenvalue weighted by Gasteiger charge is 2.80. The van der Waals surface area contributed by atoms with Gasteiger partial charge in [0.15, 0.2) is 17.5 Å². The summed E-state index contributed by atoms with van der Waals surface area (Å²) in [6.07, 6.45) is -14.5. The maximum atomic E-state index is 14.9. The number of hydrogen-bond donors (Lipinski definition) is 6. The summed E-state index contributed by atoms with van der Waals surface area (Å²) in [5.74, 6) is -5.82. The largest absolute Gasteiger partial charge is 0.456 e. The summed E-state index contributed by atoms with van der Waals surface area (Å²) < 4.78 is 29.2. The molecular formula is C43H53NO15. The van der Waals surface area contributed by atoms with Gasteiger partial charge >= 0.3 is 24.0 Å². The Morgan fingerprint density at radius 3 is 2.07 bits per heavy atom.